The Hall–Kier alpha value is -3.07. The molecule has 0 aliphatic heterocycles. The largest absolute Gasteiger partial charge is 0.573 e. The Kier molecular flexibility index (Phi) is 5.83. The zero-order valence-corrected chi connectivity index (χ0v) is 13.7. The van der Waals surface area contributed by atoms with Crippen molar-refractivity contribution in [3.05, 3.63) is 53.6 Å². The van der Waals surface area contributed by atoms with Crippen LogP contribution < -0.4 is 21.1 Å². The Balaban J connectivity index is 2.21. The molecule has 2 aromatic carbocycles. The van der Waals surface area contributed by atoms with Crippen molar-refractivity contribution in [2.45, 2.75) is 12.4 Å². The van der Waals surface area contributed by atoms with Gasteiger partial charge in [-0.3, -0.25) is 4.79 Å². The molecule has 0 radical (unpaired) electrons. The Bertz CT molecular complexity index is 809. The number of rotatable bonds is 6. The van der Waals surface area contributed by atoms with Gasteiger partial charge < -0.3 is 26.5 Å². The molecule has 2 aromatic rings. The lowest BCUT2D eigenvalue weighted by molar-refractivity contribution is -0.274. The number of ether oxygens (including phenoxy) is 1. The minimum Gasteiger partial charge on any atom is -0.406 e. The molecule has 9 heteroatoms. The monoisotopic (exact) mass is 366 g/mol. The van der Waals surface area contributed by atoms with E-state index in [1.54, 1.807) is 12.1 Å². The molecule has 0 saturated heterocycles. The van der Waals surface area contributed by atoms with E-state index >= 15 is 0 Å². The van der Waals surface area contributed by atoms with Gasteiger partial charge in [-0.1, -0.05) is 12.1 Å². The molecule has 2 rings (SSSR count). The van der Waals surface area contributed by atoms with E-state index in [1.165, 1.54) is 25.2 Å². The van der Waals surface area contributed by atoms with Crippen molar-refractivity contribution in [1.29, 1.82) is 5.41 Å². The first-order valence-electron chi connectivity index (χ1n) is 7.47. The van der Waals surface area contributed by atoms with E-state index in [0.29, 0.717) is 22.5 Å². The van der Waals surface area contributed by atoms with Gasteiger partial charge in [-0.05, 0) is 42.9 Å². The lowest BCUT2D eigenvalue weighted by atomic mass is 10.1. The first-order valence-corrected chi connectivity index (χ1v) is 7.47. The number of likely N-dealkylation sites (N-methyl/N-ethyl adjacent to an activating group) is 1. The zero-order chi connectivity index (χ0) is 19.3. The molecule has 0 spiro atoms. The molecule has 1 unspecified atom stereocenters. The standard InChI is InChI=1S/C17H17F3N4O2/c1-23-15(10-3-2-4-13(8-10)26-17(18,19)20)16(25)24-12-5-6-14(22)11(7-12)9-21/h2-9,15,21,23H,22H2,1H3,(H,24,25). The van der Waals surface area contributed by atoms with Crippen molar-refractivity contribution in [2.75, 3.05) is 18.1 Å². The summed E-state index contributed by atoms with van der Waals surface area (Å²) >= 11 is 0. The number of alkyl halides is 3. The number of nitrogen functional groups attached to an aromatic ring is 1. The summed E-state index contributed by atoms with van der Waals surface area (Å²) in [6.45, 7) is 0. The van der Waals surface area contributed by atoms with E-state index in [2.05, 4.69) is 15.4 Å². The van der Waals surface area contributed by atoms with Gasteiger partial charge in [-0.25, -0.2) is 0 Å². The quantitative estimate of drug-likeness (QED) is 0.466. The molecule has 0 aromatic heterocycles. The maximum atomic E-state index is 12.5. The average molecular weight is 366 g/mol. The first-order chi connectivity index (χ1) is 12.2. The minimum absolute atomic E-state index is 0.300. The van der Waals surface area contributed by atoms with Gasteiger partial charge in [0.25, 0.3) is 0 Å². The Morgan fingerprint density at radius 3 is 2.62 bits per heavy atom. The molecule has 5 N–H and O–H groups in total. The predicted molar refractivity (Wildman–Crippen MR) is 92.3 cm³/mol. The number of amides is 1. The Morgan fingerprint density at radius 2 is 2.00 bits per heavy atom. The maximum Gasteiger partial charge on any atom is 0.573 e. The molecule has 0 saturated carbocycles. The summed E-state index contributed by atoms with van der Waals surface area (Å²) < 4.78 is 41.0. The number of carbonyl (C=O) groups excluding carboxylic acids is 1. The first kappa shape index (κ1) is 19.3. The molecule has 0 fully saturated rings. The Labute approximate surface area is 147 Å². The maximum absolute atomic E-state index is 12.5. The van der Waals surface area contributed by atoms with Gasteiger partial charge in [0.2, 0.25) is 5.91 Å². The second kappa shape index (κ2) is 7.87. The number of anilines is 2. The molecule has 26 heavy (non-hydrogen) atoms. The van der Waals surface area contributed by atoms with E-state index in [9.17, 15) is 18.0 Å². The highest BCUT2D eigenvalue weighted by molar-refractivity contribution is 5.97. The van der Waals surface area contributed by atoms with Gasteiger partial charge in [0, 0.05) is 23.2 Å². The van der Waals surface area contributed by atoms with E-state index in [0.717, 1.165) is 18.3 Å². The molecule has 6 nitrogen and oxygen atoms in total. The van der Waals surface area contributed by atoms with Crippen molar-refractivity contribution in [3.8, 4) is 5.75 Å². The van der Waals surface area contributed by atoms with Crippen LogP contribution in [-0.4, -0.2) is 25.5 Å². The van der Waals surface area contributed by atoms with Gasteiger partial charge in [0.05, 0.1) is 0 Å². The van der Waals surface area contributed by atoms with Crippen molar-refractivity contribution >= 4 is 23.5 Å². The number of halogens is 3. The molecular weight excluding hydrogens is 349 g/mol. The van der Waals surface area contributed by atoms with Crippen LogP contribution in [0.3, 0.4) is 0 Å². The van der Waals surface area contributed by atoms with E-state index < -0.39 is 24.1 Å². The fourth-order valence-corrected chi connectivity index (χ4v) is 2.33. The van der Waals surface area contributed by atoms with E-state index in [-0.39, 0.29) is 0 Å². The summed E-state index contributed by atoms with van der Waals surface area (Å²) in [5, 5.41) is 12.7. The highest BCUT2D eigenvalue weighted by Gasteiger charge is 2.31. The topological polar surface area (TPSA) is 100 Å². The number of hydrogen-bond donors (Lipinski definition) is 4. The van der Waals surface area contributed by atoms with Crippen molar-refractivity contribution in [1.82, 2.24) is 5.32 Å². The average Bonchev–Trinajstić information content (AvgIpc) is 2.56. The second-order valence-corrected chi connectivity index (χ2v) is 5.32. The van der Waals surface area contributed by atoms with Crippen LogP contribution in [0.2, 0.25) is 0 Å². The minimum atomic E-state index is -4.82. The highest BCUT2D eigenvalue weighted by Crippen LogP contribution is 2.26. The molecule has 1 atom stereocenters. The number of hydrogen-bond acceptors (Lipinski definition) is 5. The fraction of sp³-hybridized carbons (Fsp3) is 0.176. The number of nitrogens with two attached hydrogens (primary N) is 1. The van der Waals surface area contributed by atoms with Gasteiger partial charge in [0.1, 0.15) is 11.8 Å². The summed E-state index contributed by atoms with van der Waals surface area (Å²) in [6, 6.07) is 8.89. The van der Waals surface area contributed by atoms with Crippen LogP contribution in [0.25, 0.3) is 0 Å². The van der Waals surface area contributed by atoms with Crippen LogP contribution in [0.4, 0.5) is 24.5 Å². The van der Waals surface area contributed by atoms with Crippen LogP contribution in [0.1, 0.15) is 17.2 Å². The predicted octanol–water partition coefficient (Wildman–Crippen LogP) is 3.06. The van der Waals surface area contributed by atoms with Crippen LogP contribution >= 0.6 is 0 Å². The molecule has 0 aliphatic carbocycles. The molecule has 138 valence electrons. The molecule has 0 bridgehead atoms. The van der Waals surface area contributed by atoms with Gasteiger partial charge >= 0.3 is 6.36 Å². The van der Waals surface area contributed by atoms with Crippen LogP contribution in [0.15, 0.2) is 42.5 Å². The second-order valence-electron chi connectivity index (χ2n) is 5.32. The number of nitrogens with one attached hydrogen (secondary N) is 3. The normalized spacial score (nSPS) is 12.3. The summed E-state index contributed by atoms with van der Waals surface area (Å²) in [4.78, 5) is 12.5. The lowest BCUT2D eigenvalue weighted by Gasteiger charge is -2.18. The van der Waals surface area contributed by atoms with E-state index in [1.807, 2.05) is 0 Å². The fourth-order valence-electron chi connectivity index (χ4n) is 2.33. The Morgan fingerprint density at radius 1 is 1.27 bits per heavy atom. The smallest absolute Gasteiger partial charge is 0.406 e. The van der Waals surface area contributed by atoms with Crippen LogP contribution in [0.5, 0.6) is 5.75 Å². The lowest BCUT2D eigenvalue weighted by Crippen LogP contribution is -2.30. The third kappa shape index (κ3) is 4.96. The van der Waals surface area contributed by atoms with Crippen LogP contribution in [-0.2, 0) is 4.79 Å². The van der Waals surface area contributed by atoms with Crippen molar-refractivity contribution in [3.63, 3.8) is 0 Å². The molecular formula is C17H17F3N4O2. The van der Waals surface area contributed by atoms with Gasteiger partial charge in [0.15, 0.2) is 0 Å². The van der Waals surface area contributed by atoms with Crippen LogP contribution in [0, 0.1) is 5.41 Å². The summed E-state index contributed by atoms with van der Waals surface area (Å²) in [5.74, 6) is -0.904. The van der Waals surface area contributed by atoms with Gasteiger partial charge in [-0.15, -0.1) is 13.2 Å². The summed E-state index contributed by atoms with van der Waals surface area (Å²) in [7, 11) is 1.51. The van der Waals surface area contributed by atoms with Crippen molar-refractivity contribution < 1.29 is 22.7 Å². The van der Waals surface area contributed by atoms with Crippen molar-refractivity contribution in [2.24, 2.45) is 0 Å². The number of carbonyl (C=O) groups is 1. The molecule has 0 heterocycles. The third-order valence-electron chi connectivity index (χ3n) is 3.49. The highest BCUT2D eigenvalue weighted by atomic mass is 19.4. The molecule has 0 aliphatic rings. The zero-order valence-electron chi connectivity index (χ0n) is 13.7. The molecule has 1 amide bonds. The number of benzene rings is 2. The van der Waals surface area contributed by atoms with E-state index in [4.69, 9.17) is 11.1 Å². The summed E-state index contributed by atoms with van der Waals surface area (Å²) in [6.07, 6.45) is -3.76. The third-order valence-corrected chi connectivity index (χ3v) is 3.49. The summed E-state index contributed by atoms with van der Waals surface area (Å²) in [5.41, 5.74) is 7.22. The van der Waals surface area contributed by atoms with Gasteiger partial charge in [-0.2, -0.15) is 0 Å². The SMILES string of the molecule is CNC(C(=O)Nc1ccc(N)c(C=N)c1)c1cccc(OC(F)(F)F)c1.